The maximum absolute atomic E-state index is 12.6. The van der Waals surface area contributed by atoms with Crippen molar-refractivity contribution in [2.45, 2.75) is 16.2 Å². The van der Waals surface area contributed by atoms with E-state index in [2.05, 4.69) is 9.44 Å². The average molecular weight is 467 g/mol. The van der Waals surface area contributed by atoms with Crippen molar-refractivity contribution in [1.82, 2.24) is 19.2 Å². The van der Waals surface area contributed by atoms with Gasteiger partial charge in [-0.25, -0.2) is 26.3 Å². The van der Waals surface area contributed by atoms with Crippen LogP contribution in [-0.4, -0.2) is 81.0 Å². The fourth-order valence-corrected chi connectivity index (χ4v) is 5.61. The Morgan fingerprint density at radius 1 is 0.710 bits per heavy atom. The van der Waals surface area contributed by atoms with Crippen molar-refractivity contribution in [2.24, 2.45) is 0 Å². The van der Waals surface area contributed by atoms with E-state index in [0.717, 1.165) is 22.3 Å². The number of fused-ring (bicyclic) bond motifs is 3. The standard InChI is InChI=1S/C21H30N4O4S2/c1-24(2)11-9-22-30(26,27)18-5-7-20-16(14-18)13-17-15-19(6-8-21(17)20)31(28,29)23-10-12-25(3)4/h5-8,14-15,22-23H,9-13H2,1-4H3. The number of benzene rings is 2. The molecule has 0 spiro atoms. The highest BCUT2D eigenvalue weighted by Gasteiger charge is 2.24. The van der Waals surface area contributed by atoms with Crippen molar-refractivity contribution in [2.75, 3.05) is 54.4 Å². The second-order valence-corrected chi connectivity index (χ2v) is 11.8. The monoisotopic (exact) mass is 466 g/mol. The van der Waals surface area contributed by atoms with Crippen LogP contribution in [0.1, 0.15) is 11.1 Å². The predicted octanol–water partition coefficient (Wildman–Crippen LogP) is 0.938. The number of nitrogens with one attached hydrogen (secondary N) is 2. The summed E-state index contributed by atoms with van der Waals surface area (Å²) in [4.78, 5) is 4.25. The Bertz CT molecular complexity index is 1070. The van der Waals surface area contributed by atoms with Crippen LogP contribution < -0.4 is 9.44 Å². The van der Waals surface area contributed by atoms with E-state index in [0.29, 0.717) is 32.6 Å². The van der Waals surface area contributed by atoms with Gasteiger partial charge in [0.05, 0.1) is 9.79 Å². The van der Waals surface area contributed by atoms with Gasteiger partial charge in [0.1, 0.15) is 0 Å². The zero-order chi connectivity index (χ0) is 22.8. The first-order chi connectivity index (χ1) is 14.5. The maximum atomic E-state index is 12.6. The lowest BCUT2D eigenvalue weighted by Crippen LogP contribution is -2.31. The molecule has 2 aromatic carbocycles. The number of sulfonamides is 2. The van der Waals surface area contributed by atoms with Gasteiger partial charge in [0.25, 0.3) is 0 Å². The third kappa shape index (κ3) is 5.71. The van der Waals surface area contributed by atoms with Gasteiger partial charge in [-0.15, -0.1) is 0 Å². The van der Waals surface area contributed by atoms with Crippen LogP contribution in [0.5, 0.6) is 0 Å². The smallest absolute Gasteiger partial charge is 0.240 e. The molecule has 2 aromatic rings. The van der Waals surface area contributed by atoms with Crippen LogP contribution in [0.3, 0.4) is 0 Å². The third-order valence-corrected chi connectivity index (χ3v) is 8.06. The van der Waals surface area contributed by atoms with Crippen LogP contribution in [0.15, 0.2) is 46.2 Å². The molecule has 0 atom stereocenters. The van der Waals surface area contributed by atoms with Crippen LogP contribution in [0.4, 0.5) is 0 Å². The lowest BCUT2D eigenvalue weighted by molar-refractivity contribution is 0.412. The van der Waals surface area contributed by atoms with Crippen LogP contribution in [0.25, 0.3) is 11.1 Å². The molecule has 0 saturated carbocycles. The van der Waals surface area contributed by atoms with Gasteiger partial charge in [0.15, 0.2) is 0 Å². The first kappa shape index (κ1) is 23.8. The van der Waals surface area contributed by atoms with Crippen LogP contribution >= 0.6 is 0 Å². The molecule has 0 bridgehead atoms. The van der Waals surface area contributed by atoms with E-state index in [1.165, 1.54) is 0 Å². The molecule has 0 aliphatic heterocycles. The molecule has 0 fully saturated rings. The van der Waals surface area contributed by atoms with Crippen molar-refractivity contribution >= 4 is 20.0 Å². The first-order valence-corrected chi connectivity index (χ1v) is 13.0. The minimum atomic E-state index is -3.60. The number of rotatable bonds is 10. The molecule has 31 heavy (non-hydrogen) atoms. The highest BCUT2D eigenvalue weighted by molar-refractivity contribution is 7.89. The molecular weight excluding hydrogens is 436 g/mol. The normalized spacial score (nSPS) is 13.6. The molecular formula is C21H30N4O4S2. The summed E-state index contributed by atoms with van der Waals surface area (Å²) < 4.78 is 55.6. The number of nitrogens with zero attached hydrogens (tertiary/aromatic N) is 2. The van der Waals surface area contributed by atoms with Gasteiger partial charge in [0.2, 0.25) is 20.0 Å². The second kappa shape index (κ2) is 9.35. The molecule has 1 aliphatic rings. The lowest BCUT2D eigenvalue weighted by Gasteiger charge is -2.12. The van der Waals surface area contributed by atoms with Gasteiger partial charge in [-0.05, 0) is 81.1 Å². The summed E-state index contributed by atoms with van der Waals surface area (Å²) in [5, 5.41) is 0. The molecule has 0 amide bonds. The molecule has 3 rings (SSSR count). The average Bonchev–Trinajstić information content (AvgIpc) is 3.04. The van der Waals surface area contributed by atoms with Crippen molar-refractivity contribution in [3.05, 3.63) is 47.5 Å². The summed E-state index contributed by atoms with van der Waals surface area (Å²) in [5.41, 5.74) is 3.62. The van der Waals surface area contributed by atoms with E-state index in [1.807, 2.05) is 38.0 Å². The van der Waals surface area contributed by atoms with Crippen molar-refractivity contribution in [1.29, 1.82) is 0 Å². The molecule has 0 unspecified atom stereocenters. The van der Waals surface area contributed by atoms with Crippen molar-refractivity contribution in [3.63, 3.8) is 0 Å². The second-order valence-electron chi connectivity index (χ2n) is 8.22. The van der Waals surface area contributed by atoms with E-state index in [1.54, 1.807) is 36.4 Å². The molecule has 0 heterocycles. The van der Waals surface area contributed by atoms with Crippen LogP contribution in [0, 0.1) is 0 Å². The Morgan fingerprint density at radius 2 is 1.10 bits per heavy atom. The van der Waals surface area contributed by atoms with Gasteiger partial charge < -0.3 is 9.80 Å². The largest absolute Gasteiger partial charge is 0.308 e. The molecule has 2 N–H and O–H groups in total. The third-order valence-electron chi connectivity index (χ3n) is 5.15. The summed E-state index contributed by atoms with van der Waals surface area (Å²) >= 11 is 0. The Balaban J connectivity index is 1.79. The Hall–Kier alpha value is -1.82. The minimum Gasteiger partial charge on any atom is -0.308 e. The Kier molecular flexibility index (Phi) is 7.19. The van der Waals surface area contributed by atoms with Crippen LogP contribution in [0.2, 0.25) is 0 Å². The molecule has 170 valence electrons. The zero-order valence-corrected chi connectivity index (χ0v) is 20.0. The molecule has 8 nitrogen and oxygen atoms in total. The van der Waals surface area contributed by atoms with Crippen molar-refractivity contribution in [3.8, 4) is 11.1 Å². The van der Waals surface area contributed by atoms with Gasteiger partial charge in [-0.3, -0.25) is 0 Å². The van der Waals surface area contributed by atoms with Crippen molar-refractivity contribution < 1.29 is 16.8 Å². The summed E-state index contributed by atoms with van der Waals surface area (Å²) in [6.45, 7) is 1.87. The summed E-state index contributed by atoms with van der Waals surface area (Å²) in [5.74, 6) is 0. The molecule has 0 saturated heterocycles. The van der Waals surface area contributed by atoms with E-state index < -0.39 is 20.0 Å². The summed E-state index contributed by atoms with van der Waals surface area (Å²) in [6.07, 6.45) is 0.493. The SMILES string of the molecule is CN(C)CCNS(=O)(=O)c1ccc2c(c1)Cc1cc(S(=O)(=O)NCCN(C)C)ccc1-2. The number of likely N-dealkylation sites (N-methyl/N-ethyl adjacent to an activating group) is 2. The highest BCUT2D eigenvalue weighted by Crippen LogP contribution is 2.38. The van der Waals surface area contributed by atoms with Crippen LogP contribution in [-0.2, 0) is 26.5 Å². The van der Waals surface area contributed by atoms with E-state index in [-0.39, 0.29) is 9.79 Å². The molecule has 1 aliphatic carbocycles. The van der Waals surface area contributed by atoms with E-state index >= 15 is 0 Å². The van der Waals surface area contributed by atoms with Gasteiger partial charge in [0, 0.05) is 26.2 Å². The van der Waals surface area contributed by atoms with E-state index in [4.69, 9.17) is 0 Å². The zero-order valence-electron chi connectivity index (χ0n) is 18.3. The van der Waals surface area contributed by atoms with Gasteiger partial charge >= 0.3 is 0 Å². The molecule has 0 radical (unpaired) electrons. The summed E-state index contributed by atoms with van der Waals surface area (Å²) in [6, 6.07) is 10.1. The first-order valence-electron chi connectivity index (χ1n) is 10.0. The fourth-order valence-electron chi connectivity index (χ4n) is 3.47. The predicted molar refractivity (Wildman–Crippen MR) is 122 cm³/mol. The minimum absolute atomic E-state index is 0.219. The molecule has 0 aromatic heterocycles. The lowest BCUT2D eigenvalue weighted by atomic mass is 10.1. The maximum Gasteiger partial charge on any atom is 0.240 e. The van der Waals surface area contributed by atoms with Gasteiger partial charge in [-0.2, -0.15) is 0 Å². The van der Waals surface area contributed by atoms with Gasteiger partial charge in [-0.1, -0.05) is 12.1 Å². The topological polar surface area (TPSA) is 98.8 Å². The number of hydrogen-bond acceptors (Lipinski definition) is 6. The van der Waals surface area contributed by atoms with E-state index in [9.17, 15) is 16.8 Å². The summed E-state index contributed by atoms with van der Waals surface area (Å²) in [7, 11) is 0.328. The Morgan fingerprint density at radius 3 is 1.45 bits per heavy atom. The highest BCUT2D eigenvalue weighted by atomic mass is 32.2. The fraction of sp³-hybridized carbons (Fsp3) is 0.429. The number of hydrogen-bond donors (Lipinski definition) is 2. The Labute approximate surface area is 185 Å². The quantitative estimate of drug-likeness (QED) is 0.461. The molecule has 10 heteroatoms.